The predicted octanol–water partition coefficient (Wildman–Crippen LogP) is 2.60. The lowest BCUT2D eigenvalue weighted by Crippen LogP contribution is -2.24. The van der Waals surface area contributed by atoms with Gasteiger partial charge >= 0.3 is 0 Å². The van der Waals surface area contributed by atoms with Crippen LogP contribution in [0.2, 0.25) is 0 Å². The zero-order valence-corrected chi connectivity index (χ0v) is 11.9. The Hall–Kier alpha value is -1.42. The summed E-state index contributed by atoms with van der Waals surface area (Å²) >= 11 is 0. The van der Waals surface area contributed by atoms with Crippen molar-refractivity contribution in [1.82, 2.24) is 5.32 Å². The van der Waals surface area contributed by atoms with Crippen molar-refractivity contribution in [1.29, 1.82) is 0 Å². The van der Waals surface area contributed by atoms with E-state index in [4.69, 9.17) is 14.2 Å². The molecule has 4 heteroatoms. The molecule has 0 saturated heterocycles. The van der Waals surface area contributed by atoms with Crippen LogP contribution in [-0.4, -0.2) is 27.4 Å². The van der Waals surface area contributed by atoms with Gasteiger partial charge in [-0.15, -0.1) is 0 Å². The number of nitrogens with one attached hydrogen (secondary N) is 1. The summed E-state index contributed by atoms with van der Waals surface area (Å²) in [7, 11) is 4.88. The van der Waals surface area contributed by atoms with Gasteiger partial charge in [0.1, 0.15) is 0 Å². The van der Waals surface area contributed by atoms with Crippen LogP contribution in [0.25, 0.3) is 0 Å². The molecule has 1 rings (SSSR count). The molecular formula is C14H23NO3. The maximum Gasteiger partial charge on any atom is 0.203 e. The van der Waals surface area contributed by atoms with Gasteiger partial charge in [-0.3, -0.25) is 0 Å². The minimum atomic E-state index is 0.475. The molecule has 0 saturated carbocycles. The summed E-state index contributed by atoms with van der Waals surface area (Å²) in [5.41, 5.74) is 1.07. The largest absolute Gasteiger partial charge is 0.493 e. The van der Waals surface area contributed by atoms with Crippen molar-refractivity contribution in [2.75, 3.05) is 21.3 Å². The van der Waals surface area contributed by atoms with E-state index in [1.165, 1.54) is 0 Å². The van der Waals surface area contributed by atoms with Crippen LogP contribution in [0.1, 0.15) is 25.8 Å². The fourth-order valence-corrected chi connectivity index (χ4v) is 1.73. The molecule has 1 atom stereocenters. The normalized spacial score (nSPS) is 12.1. The molecule has 0 heterocycles. The van der Waals surface area contributed by atoms with E-state index >= 15 is 0 Å². The second-order valence-corrected chi connectivity index (χ2v) is 4.18. The Kier molecular flexibility index (Phi) is 5.78. The Morgan fingerprint density at radius 2 is 1.72 bits per heavy atom. The number of hydrogen-bond donors (Lipinski definition) is 1. The summed E-state index contributed by atoms with van der Waals surface area (Å²) in [5, 5.41) is 3.44. The van der Waals surface area contributed by atoms with Crippen LogP contribution >= 0.6 is 0 Å². The number of rotatable bonds is 7. The van der Waals surface area contributed by atoms with Crippen molar-refractivity contribution in [3.8, 4) is 17.2 Å². The molecule has 0 amide bonds. The van der Waals surface area contributed by atoms with Crippen molar-refractivity contribution < 1.29 is 14.2 Å². The third-order valence-corrected chi connectivity index (χ3v) is 3.04. The van der Waals surface area contributed by atoms with E-state index in [0.29, 0.717) is 17.5 Å². The van der Waals surface area contributed by atoms with Crippen LogP contribution in [0, 0.1) is 0 Å². The highest BCUT2D eigenvalue weighted by Crippen LogP contribution is 2.39. The molecule has 1 aromatic carbocycles. The molecule has 0 aliphatic heterocycles. The standard InChI is InChI=1S/C14H23NO3/c1-6-10(2)15-9-11-7-8-12(16-3)14(18-5)13(11)17-4/h7-8,10,15H,6,9H2,1-5H3. The Bertz CT molecular complexity index is 380. The number of benzene rings is 1. The molecule has 1 unspecified atom stereocenters. The molecule has 4 nitrogen and oxygen atoms in total. The van der Waals surface area contributed by atoms with Crippen LogP contribution in [0.15, 0.2) is 12.1 Å². The van der Waals surface area contributed by atoms with Crippen LogP contribution in [-0.2, 0) is 6.54 Å². The fraction of sp³-hybridized carbons (Fsp3) is 0.571. The highest BCUT2D eigenvalue weighted by molar-refractivity contribution is 5.55. The van der Waals surface area contributed by atoms with Crippen LogP contribution in [0.5, 0.6) is 17.2 Å². The van der Waals surface area contributed by atoms with E-state index in [9.17, 15) is 0 Å². The number of methoxy groups -OCH3 is 3. The van der Waals surface area contributed by atoms with Crippen molar-refractivity contribution in [2.24, 2.45) is 0 Å². The first kappa shape index (κ1) is 14.6. The Labute approximate surface area is 109 Å². The fourth-order valence-electron chi connectivity index (χ4n) is 1.73. The van der Waals surface area contributed by atoms with Gasteiger partial charge in [-0.05, 0) is 19.4 Å². The van der Waals surface area contributed by atoms with Crippen LogP contribution in [0.4, 0.5) is 0 Å². The Balaban J connectivity index is 2.97. The molecular weight excluding hydrogens is 230 g/mol. The molecule has 0 bridgehead atoms. The van der Waals surface area contributed by atoms with E-state index in [1.54, 1.807) is 21.3 Å². The molecule has 0 fully saturated rings. The first-order valence-corrected chi connectivity index (χ1v) is 6.19. The van der Waals surface area contributed by atoms with Gasteiger partial charge < -0.3 is 19.5 Å². The minimum Gasteiger partial charge on any atom is -0.493 e. The quantitative estimate of drug-likeness (QED) is 0.811. The third kappa shape index (κ3) is 3.29. The zero-order chi connectivity index (χ0) is 13.5. The monoisotopic (exact) mass is 253 g/mol. The maximum absolute atomic E-state index is 5.43. The predicted molar refractivity (Wildman–Crippen MR) is 72.7 cm³/mol. The van der Waals surface area contributed by atoms with Gasteiger partial charge in [-0.1, -0.05) is 13.0 Å². The topological polar surface area (TPSA) is 39.7 Å². The van der Waals surface area contributed by atoms with Gasteiger partial charge in [0.2, 0.25) is 5.75 Å². The average Bonchev–Trinajstić information content (AvgIpc) is 2.43. The summed E-state index contributed by atoms with van der Waals surface area (Å²) in [5.74, 6) is 2.05. The average molecular weight is 253 g/mol. The van der Waals surface area contributed by atoms with Gasteiger partial charge in [0.05, 0.1) is 21.3 Å². The highest BCUT2D eigenvalue weighted by Gasteiger charge is 2.15. The SMILES string of the molecule is CCC(C)NCc1ccc(OC)c(OC)c1OC. The zero-order valence-electron chi connectivity index (χ0n) is 11.9. The van der Waals surface area contributed by atoms with E-state index in [0.717, 1.165) is 24.3 Å². The van der Waals surface area contributed by atoms with Crippen molar-refractivity contribution in [2.45, 2.75) is 32.9 Å². The third-order valence-electron chi connectivity index (χ3n) is 3.04. The van der Waals surface area contributed by atoms with Crippen molar-refractivity contribution >= 4 is 0 Å². The molecule has 0 aliphatic rings. The van der Waals surface area contributed by atoms with Gasteiger partial charge in [0.25, 0.3) is 0 Å². The maximum atomic E-state index is 5.43. The van der Waals surface area contributed by atoms with Gasteiger partial charge in [-0.25, -0.2) is 0 Å². The Morgan fingerprint density at radius 1 is 1.06 bits per heavy atom. The van der Waals surface area contributed by atoms with Gasteiger partial charge in [-0.2, -0.15) is 0 Å². The van der Waals surface area contributed by atoms with Gasteiger partial charge in [0.15, 0.2) is 11.5 Å². The molecule has 102 valence electrons. The first-order valence-electron chi connectivity index (χ1n) is 6.19. The molecule has 0 aromatic heterocycles. The van der Waals surface area contributed by atoms with Crippen molar-refractivity contribution in [3.63, 3.8) is 0 Å². The number of ether oxygens (including phenoxy) is 3. The van der Waals surface area contributed by atoms with Crippen LogP contribution in [0.3, 0.4) is 0 Å². The minimum absolute atomic E-state index is 0.475. The smallest absolute Gasteiger partial charge is 0.203 e. The van der Waals surface area contributed by atoms with E-state index in [2.05, 4.69) is 19.2 Å². The van der Waals surface area contributed by atoms with Crippen molar-refractivity contribution in [3.05, 3.63) is 17.7 Å². The second-order valence-electron chi connectivity index (χ2n) is 4.18. The van der Waals surface area contributed by atoms with E-state index < -0.39 is 0 Å². The summed E-state index contributed by atoms with van der Waals surface area (Å²) < 4.78 is 16.0. The van der Waals surface area contributed by atoms with E-state index in [1.807, 2.05) is 12.1 Å². The lowest BCUT2D eigenvalue weighted by molar-refractivity contribution is 0.321. The highest BCUT2D eigenvalue weighted by atomic mass is 16.5. The summed E-state index contributed by atoms with van der Waals surface area (Å²) in [6.07, 6.45) is 1.09. The Morgan fingerprint density at radius 3 is 2.22 bits per heavy atom. The molecule has 1 N–H and O–H groups in total. The lowest BCUT2D eigenvalue weighted by Gasteiger charge is -2.17. The molecule has 18 heavy (non-hydrogen) atoms. The molecule has 0 radical (unpaired) electrons. The second kappa shape index (κ2) is 7.11. The summed E-state index contributed by atoms with van der Waals surface area (Å²) in [4.78, 5) is 0. The lowest BCUT2D eigenvalue weighted by atomic mass is 10.1. The van der Waals surface area contributed by atoms with E-state index in [-0.39, 0.29) is 0 Å². The summed E-state index contributed by atoms with van der Waals surface area (Å²) in [6, 6.07) is 4.37. The molecule has 0 aliphatic carbocycles. The molecule has 0 spiro atoms. The first-order chi connectivity index (χ1) is 8.67. The summed E-state index contributed by atoms with van der Waals surface area (Å²) in [6.45, 7) is 5.06. The molecule has 1 aromatic rings. The number of hydrogen-bond acceptors (Lipinski definition) is 4. The van der Waals surface area contributed by atoms with Gasteiger partial charge in [0, 0.05) is 18.2 Å². The van der Waals surface area contributed by atoms with Crippen LogP contribution < -0.4 is 19.5 Å².